The van der Waals surface area contributed by atoms with E-state index in [4.69, 9.17) is 4.74 Å². The summed E-state index contributed by atoms with van der Waals surface area (Å²) in [5.74, 6) is 0.860. The molecule has 2 aromatic heterocycles. The van der Waals surface area contributed by atoms with Crippen molar-refractivity contribution in [2.24, 2.45) is 0 Å². The normalized spacial score (nSPS) is 14.7. The Kier molecular flexibility index (Phi) is 7.42. The molecule has 3 aliphatic rings. The molecule has 11 aromatic rings. The minimum atomic E-state index is -0.204. The minimum absolute atomic E-state index is 0.204. The first-order chi connectivity index (χ1) is 31.8. The number of hydrogen-bond donors (Lipinski definition) is 0. The first-order valence-electron chi connectivity index (χ1n) is 22.0. The third-order valence-electron chi connectivity index (χ3n) is 13.6. The van der Waals surface area contributed by atoms with Crippen molar-refractivity contribution in [1.29, 1.82) is 0 Å². The largest absolute Gasteiger partial charge is 0.468 e. The van der Waals surface area contributed by atoms with E-state index in [0.29, 0.717) is 0 Å². The SMILES string of the molecule is C1=CC2=[N+](c3ccccc3)c3cc4c(cc3OC2C=C1)=c1ccccc1=c1ccccc1=c1c(-n2c3ccccc3c3cc(-n5c6ccccc6c6ccccc65)ccc32)cccc1=4. The molecule has 9 aromatic carbocycles. The number of aromatic nitrogens is 2. The van der Waals surface area contributed by atoms with Gasteiger partial charge in [0.05, 0.1) is 27.8 Å². The molecular formula is C60H38N3O+. The van der Waals surface area contributed by atoms with E-state index in [0.717, 1.165) is 50.2 Å². The number of nitrogens with zero attached hydrogens (tertiary/aromatic N) is 3. The fourth-order valence-electron chi connectivity index (χ4n) is 10.9. The second-order valence-electron chi connectivity index (χ2n) is 17.0. The molecule has 0 saturated carbocycles. The van der Waals surface area contributed by atoms with Crippen LogP contribution < -0.4 is 9.31 Å². The van der Waals surface area contributed by atoms with Crippen molar-refractivity contribution >= 4 is 60.7 Å². The fraction of sp³-hybridized carbons (Fsp3) is 0.0167. The Bertz CT molecular complexity index is 4300. The topological polar surface area (TPSA) is 22.1 Å². The summed E-state index contributed by atoms with van der Waals surface area (Å²) in [4.78, 5) is 0. The average molecular weight is 817 g/mol. The van der Waals surface area contributed by atoms with E-state index < -0.39 is 0 Å². The fourth-order valence-corrected chi connectivity index (χ4v) is 10.9. The lowest BCUT2D eigenvalue weighted by Crippen LogP contribution is -2.36. The van der Waals surface area contributed by atoms with Crippen LogP contribution in [0.2, 0.25) is 0 Å². The molecule has 0 radical (unpaired) electrons. The monoisotopic (exact) mass is 816 g/mol. The lowest BCUT2D eigenvalue weighted by molar-refractivity contribution is 0.303. The van der Waals surface area contributed by atoms with E-state index in [-0.39, 0.29) is 6.10 Å². The van der Waals surface area contributed by atoms with E-state index in [1.165, 1.54) is 69.4 Å². The van der Waals surface area contributed by atoms with Gasteiger partial charge in [0.1, 0.15) is 0 Å². The van der Waals surface area contributed by atoms with Gasteiger partial charge in [-0.25, -0.2) is 0 Å². The van der Waals surface area contributed by atoms with Gasteiger partial charge < -0.3 is 13.9 Å². The molecule has 14 rings (SSSR count). The highest BCUT2D eigenvalue weighted by atomic mass is 16.5. The number of para-hydroxylation sites is 4. The smallest absolute Gasteiger partial charge is 0.254 e. The molecular weight excluding hydrogens is 779 g/mol. The zero-order chi connectivity index (χ0) is 41.9. The third kappa shape index (κ3) is 4.96. The summed E-state index contributed by atoms with van der Waals surface area (Å²) in [5, 5.41) is 14.4. The molecule has 0 saturated heterocycles. The van der Waals surface area contributed by atoms with Gasteiger partial charge >= 0.3 is 0 Å². The second-order valence-corrected chi connectivity index (χ2v) is 17.0. The van der Waals surface area contributed by atoms with Gasteiger partial charge in [0.25, 0.3) is 5.69 Å². The zero-order valence-corrected chi connectivity index (χ0v) is 34.7. The highest BCUT2D eigenvalue weighted by Gasteiger charge is 2.36. The number of ether oxygens (including phenoxy) is 1. The van der Waals surface area contributed by atoms with Crippen LogP contribution in [-0.4, -0.2) is 20.9 Å². The molecule has 0 amide bonds. The summed E-state index contributed by atoms with van der Waals surface area (Å²) >= 11 is 0. The molecule has 0 N–H and O–H groups in total. The predicted molar refractivity (Wildman–Crippen MR) is 261 cm³/mol. The molecule has 1 aliphatic heterocycles. The number of rotatable bonds is 3. The lowest BCUT2D eigenvalue weighted by Gasteiger charge is -2.24. The molecule has 64 heavy (non-hydrogen) atoms. The van der Waals surface area contributed by atoms with Crippen LogP contribution >= 0.6 is 0 Å². The average Bonchev–Trinajstić information content (AvgIpc) is 3.87. The highest BCUT2D eigenvalue weighted by Crippen LogP contribution is 2.40. The standard InChI is InChI=1S/C60H38N3O/c1-2-17-38(18-3-1)61-55-30-14-15-32-58(55)64-59-37-49-42-21-5-4-19-40(42)41-20-6-7-25-46(41)60-47(48(49)36-57(59)61)26-16-31-56(60)63-53-29-13-10-24-45(53)50-35-39(33-34-54(50)63)62-51-27-11-8-22-43(51)44-23-9-12-28-52(44)62/h1-37,58H/q+1. The Morgan fingerprint density at radius 1 is 0.406 bits per heavy atom. The molecule has 0 fully saturated rings. The molecule has 0 bridgehead atoms. The van der Waals surface area contributed by atoms with Crippen LogP contribution in [0.4, 0.5) is 11.4 Å². The molecule has 1 atom stereocenters. The Morgan fingerprint density at radius 2 is 0.969 bits per heavy atom. The van der Waals surface area contributed by atoms with Crippen LogP contribution in [0.1, 0.15) is 0 Å². The third-order valence-corrected chi connectivity index (χ3v) is 13.6. The Labute approximate surface area is 367 Å². The van der Waals surface area contributed by atoms with Gasteiger partial charge in [-0.05, 0) is 91.1 Å². The predicted octanol–water partition coefficient (Wildman–Crippen LogP) is 13.5. The Hall–Kier alpha value is -8.47. The summed E-state index contributed by atoms with van der Waals surface area (Å²) in [6.45, 7) is 0. The van der Waals surface area contributed by atoms with Crippen molar-refractivity contribution in [2.75, 3.05) is 0 Å². The molecule has 2 aliphatic carbocycles. The first-order valence-corrected chi connectivity index (χ1v) is 22.0. The second kappa shape index (κ2) is 13.5. The molecule has 4 heteroatoms. The number of benzene rings is 9. The van der Waals surface area contributed by atoms with E-state index in [2.05, 4.69) is 238 Å². The minimum Gasteiger partial charge on any atom is -0.468 e. The van der Waals surface area contributed by atoms with Gasteiger partial charge in [0, 0.05) is 56.7 Å². The van der Waals surface area contributed by atoms with Gasteiger partial charge in [-0.1, -0.05) is 146 Å². The van der Waals surface area contributed by atoms with Crippen molar-refractivity contribution in [1.82, 2.24) is 13.7 Å². The number of allylic oxidation sites excluding steroid dienone is 2. The van der Waals surface area contributed by atoms with Crippen LogP contribution in [0.15, 0.2) is 224 Å². The Morgan fingerprint density at radius 3 is 1.70 bits per heavy atom. The van der Waals surface area contributed by atoms with Crippen LogP contribution in [0, 0.1) is 41.7 Å². The molecule has 4 nitrogen and oxygen atoms in total. The summed E-state index contributed by atoms with van der Waals surface area (Å²) in [5.41, 5.74) is 10.2. The molecule has 1 unspecified atom stereocenters. The summed E-state index contributed by atoms with van der Waals surface area (Å²) in [6, 6.07) is 73.5. The van der Waals surface area contributed by atoms with E-state index in [1.807, 2.05) is 0 Å². The maximum atomic E-state index is 6.94. The maximum absolute atomic E-state index is 6.94. The quantitative estimate of drug-likeness (QED) is 0.163. The Balaban J connectivity index is 1.15. The van der Waals surface area contributed by atoms with Gasteiger partial charge in [-0.2, -0.15) is 4.58 Å². The van der Waals surface area contributed by atoms with Gasteiger partial charge in [0.2, 0.25) is 17.5 Å². The van der Waals surface area contributed by atoms with E-state index >= 15 is 0 Å². The number of hydrogen-bond acceptors (Lipinski definition) is 1. The van der Waals surface area contributed by atoms with Crippen molar-refractivity contribution in [2.45, 2.75) is 6.10 Å². The van der Waals surface area contributed by atoms with Crippen molar-refractivity contribution in [3.63, 3.8) is 0 Å². The zero-order valence-electron chi connectivity index (χ0n) is 34.7. The van der Waals surface area contributed by atoms with Crippen LogP contribution in [0.25, 0.3) is 55.0 Å². The van der Waals surface area contributed by atoms with Crippen molar-refractivity contribution in [3.8, 4) is 17.1 Å². The van der Waals surface area contributed by atoms with Gasteiger partial charge in [0.15, 0.2) is 5.75 Å². The number of fused-ring (bicyclic) bond motifs is 12. The lowest BCUT2D eigenvalue weighted by atomic mass is 9.99. The van der Waals surface area contributed by atoms with E-state index in [9.17, 15) is 0 Å². The summed E-state index contributed by atoms with van der Waals surface area (Å²) in [7, 11) is 0. The van der Waals surface area contributed by atoms with E-state index in [1.54, 1.807) is 0 Å². The van der Waals surface area contributed by atoms with Crippen molar-refractivity contribution < 1.29 is 4.74 Å². The highest BCUT2D eigenvalue weighted by molar-refractivity contribution is 6.12. The van der Waals surface area contributed by atoms with Crippen molar-refractivity contribution in [3.05, 3.63) is 266 Å². The van der Waals surface area contributed by atoms with Gasteiger partial charge in [-0.3, -0.25) is 0 Å². The maximum Gasteiger partial charge on any atom is 0.254 e. The molecule has 298 valence electrons. The molecule has 0 spiro atoms. The molecule has 3 heterocycles. The first kappa shape index (κ1) is 35.2. The van der Waals surface area contributed by atoms with Crippen LogP contribution in [-0.2, 0) is 0 Å². The summed E-state index contributed by atoms with van der Waals surface area (Å²) < 4.78 is 14.2. The van der Waals surface area contributed by atoms with Gasteiger partial charge in [-0.15, -0.1) is 0 Å². The van der Waals surface area contributed by atoms with Crippen LogP contribution in [0.5, 0.6) is 5.75 Å². The van der Waals surface area contributed by atoms with Crippen LogP contribution in [0.3, 0.4) is 0 Å². The summed E-state index contributed by atoms with van der Waals surface area (Å²) in [6.07, 6.45) is 8.32.